The van der Waals surface area contributed by atoms with Crippen LogP contribution in [0.4, 0.5) is 11.4 Å². The number of rotatable bonds is 8. The van der Waals surface area contributed by atoms with Crippen molar-refractivity contribution in [2.24, 2.45) is 5.92 Å². The van der Waals surface area contributed by atoms with Crippen molar-refractivity contribution >= 4 is 23.2 Å². The molecule has 2 aromatic rings. The highest BCUT2D eigenvalue weighted by molar-refractivity contribution is 6.05. The number of amides is 2. The number of anilines is 2. The molecule has 6 nitrogen and oxygen atoms in total. The maximum absolute atomic E-state index is 12.6. The van der Waals surface area contributed by atoms with Crippen molar-refractivity contribution in [3.63, 3.8) is 0 Å². The van der Waals surface area contributed by atoms with E-state index in [-0.39, 0.29) is 11.8 Å². The Bertz CT molecular complexity index is 862. The fourth-order valence-corrected chi connectivity index (χ4v) is 3.20. The molecule has 0 saturated carbocycles. The summed E-state index contributed by atoms with van der Waals surface area (Å²) in [6.07, 6.45) is 2.34. The van der Waals surface area contributed by atoms with Crippen LogP contribution in [0.15, 0.2) is 42.5 Å². The third-order valence-electron chi connectivity index (χ3n) is 4.88. The van der Waals surface area contributed by atoms with Crippen molar-refractivity contribution in [2.75, 3.05) is 30.5 Å². The molecule has 0 radical (unpaired) electrons. The van der Waals surface area contributed by atoms with Gasteiger partial charge in [0.05, 0.1) is 19.4 Å². The number of nitrogens with zero attached hydrogens (tertiary/aromatic N) is 1. The van der Waals surface area contributed by atoms with E-state index in [9.17, 15) is 9.59 Å². The van der Waals surface area contributed by atoms with Gasteiger partial charge in [0.25, 0.3) is 5.91 Å². The second-order valence-corrected chi connectivity index (χ2v) is 7.55. The molecule has 2 amide bonds. The van der Waals surface area contributed by atoms with Gasteiger partial charge >= 0.3 is 0 Å². The van der Waals surface area contributed by atoms with E-state index in [0.717, 1.165) is 18.6 Å². The Morgan fingerprint density at radius 1 is 1.17 bits per heavy atom. The lowest BCUT2D eigenvalue weighted by atomic mass is 10.1. The Balaban J connectivity index is 1.68. The van der Waals surface area contributed by atoms with E-state index in [4.69, 9.17) is 9.47 Å². The summed E-state index contributed by atoms with van der Waals surface area (Å²) in [5, 5.41) is 2.89. The Labute approximate surface area is 171 Å². The first-order valence-electron chi connectivity index (χ1n) is 10.0. The van der Waals surface area contributed by atoms with E-state index in [1.54, 1.807) is 54.5 Å². The van der Waals surface area contributed by atoms with Crippen LogP contribution in [-0.4, -0.2) is 32.1 Å². The van der Waals surface area contributed by atoms with Gasteiger partial charge in [0, 0.05) is 24.2 Å². The molecule has 2 aromatic carbocycles. The molecular formula is C23H28N2O4. The topological polar surface area (TPSA) is 67.9 Å². The molecule has 1 aliphatic heterocycles. The van der Waals surface area contributed by atoms with Crippen LogP contribution in [0.5, 0.6) is 11.5 Å². The number of hydrogen-bond acceptors (Lipinski definition) is 4. The molecule has 3 rings (SSSR count). The second-order valence-electron chi connectivity index (χ2n) is 7.55. The lowest BCUT2D eigenvalue weighted by Crippen LogP contribution is -2.24. The molecule has 0 aromatic heterocycles. The highest BCUT2D eigenvalue weighted by Crippen LogP contribution is 2.34. The van der Waals surface area contributed by atoms with Crippen molar-refractivity contribution in [2.45, 2.75) is 33.1 Å². The van der Waals surface area contributed by atoms with Crippen molar-refractivity contribution in [3.8, 4) is 11.5 Å². The van der Waals surface area contributed by atoms with Gasteiger partial charge in [0.15, 0.2) is 0 Å². The predicted molar refractivity (Wildman–Crippen MR) is 114 cm³/mol. The average molecular weight is 396 g/mol. The van der Waals surface area contributed by atoms with Crippen LogP contribution in [0.2, 0.25) is 0 Å². The quantitative estimate of drug-likeness (QED) is 0.713. The number of carbonyl (C=O) groups is 2. The normalized spacial score (nSPS) is 13.7. The van der Waals surface area contributed by atoms with Crippen LogP contribution in [0, 0.1) is 5.92 Å². The van der Waals surface area contributed by atoms with Gasteiger partial charge < -0.3 is 19.7 Å². The molecule has 6 heteroatoms. The van der Waals surface area contributed by atoms with E-state index in [0.29, 0.717) is 48.2 Å². The van der Waals surface area contributed by atoms with Crippen LogP contribution >= 0.6 is 0 Å². The molecule has 1 N–H and O–H groups in total. The van der Waals surface area contributed by atoms with Crippen LogP contribution < -0.4 is 19.7 Å². The molecule has 0 atom stereocenters. The standard InChI is InChI=1S/C23H28N2O4/c1-16(2)12-14-29-19-9-6-17(7-10-19)23(27)24-18-8-11-21(28-3)20(15-18)25-13-4-5-22(25)26/h6-11,15-16H,4-5,12-14H2,1-3H3,(H,24,27). The first-order valence-corrected chi connectivity index (χ1v) is 10.0. The first kappa shape index (κ1) is 20.7. The predicted octanol–water partition coefficient (Wildman–Crippen LogP) is 4.50. The molecular weight excluding hydrogens is 368 g/mol. The summed E-state index contributed by atoms with van der Waals surface area (Å²) in [7, 11) is 1.57. The average Bonchev–Trinajstić information content (AvgIpc) is 3.14. The van der Waals surface area contributed by atoms with E-state index in [2.05, 4.69) is 19.2 Å². The van der Waals surface area contributed by atoms with Crippen LogP contribution in [0.3, 0.4) is 0 Å². The summed E-state index contributed by atoms with van der Waals surface area (Å²) >= 11 is 0. The largest absolute Gasteiger partial charge is 0.495 e. The number of hydrogen-bond donors (Lipinski definition) is 1. The summed E-state index contributed by atoms with van der Waals surface area (Å²) in [6, 6.07) is 12.4. The number of methoxy groups -OCH3 is 1. The summed E-state index contributed by atoms with van der Waals surface area (Å²) in [4.78, 5) is 26.4. The van der Waals surface area contributed by atoms with Crippen molar-refractivity contribution in [3.05, 3.63) is 48.0 Å². The molecule has 1 saturated heterocycles. The minimum absolute atomic E-state index is 0.0693. The smallest absolute Gasteiger partial charge is 0.255 e. The van der Waals surface area contributed by atoms with Crippen molar-refractivity contribution in [1.29, 1.82) is 0 Å². The third-order valence-corrected chi connectivity index (χ3v) is 4.88. The van der Waals surface area contributed by atoms with Gasteiger partial charge in [-0.3, -0.25) is 9.59 Å². The summed E-state index contributed by atoms with van der Waals surface area (Å²) in [5.41, 5.74) is 1.83. The van der Waals surface area contributed by atoms with Gasteiger partial charge in [-0.15, -0.1) is 0 Å². The summed E-state index contributed by atoms with van der Waals surface area (Å²) < 4.78 is 11.1. The fourth-order valence-electron chi connectivity index (χ4n) is 3.20. The Morgan fingerprint density at radius 3 is 2.55 bits per heavy atom. The van der Waals surface area contributed by atoms with Crippen LogP contribution in [0.25, 0.3) is 0 Å². The van der Waals surface area contributed by atoms with E-state index in [1.165, 1.54) is 0 Å². The summed E-state index contributed by atoms with van der Waals surface area (Å²) in [5.74, 6) is 1.80. The van der Waals surface area contributed by atoms with Gasteiger partial charge in [0.2, 0.25) is 5.91 Å². The van der Waals surface area contributed by atoms with Gasteiger partial charge in [-0.2, -0.15) is 0 Å². The highest BCUT2D eigenvalue weighted by Gasteiger charge is 2.25. The van der Waals surface area contributed by atoms with Crippen LogP contribution in [-0.2, 0) is 4.79 Å². The fraction of sp³-hybridized carbons (Fsp3) is 0.391. The van der Waals surface area contributed by atoms with E-state index < -0.39 is 0 Å². The first-order chi connectivity index (χ1) is 14.0. The minimum atomic E-state index is -0.220. The lowest BCUT2D eigenvalue weighted by Gasteiger charge is -2.20. The zero-order chi connectivity index (χ0) is 20.8. The zero-order valence-corrected chi connectivity index (χ0v) is 17.2. The zero-order valence-electron chi connectivity index (χ0n) is 17.2. The van der Waals surface area contributed by atoms with Crippen molar-refractivity contribution in [1.82, 2.24) is 0 Å². The molecule has 0 bridgehead atoms. The van der Waals surface area contributed by atoms with Crippen molar-refractivity contribution < 1.29 is 19.1 Å². The van der Waals surface area contributed by atoms with Crippen LogP contribution in [0.1, 0.15) is 43.5 Å². The molecule has 0 spiro atoms. The highest BCUT2D eigenvalue weighted by atomic mass is 16.5. The molecule has 1 heterocycles. The number of nitrogens with one attached hydrogen (secondary N) is 1. The maximum Gasteiger partial charge on any atom is 0.255 e. The molecule has 0 unspecified atom stereocenters. The second kappa shape index (κ2) is 9.45. The molecule has 1 aliphatic rings. The Morgan fingerprint density at radius 2 is 1.93 bits per heavy atom. The third kappa shape index (κ3) is 5.28. The molecule has 0 aliphatic carbocycles. The minimum Gasteiger partial charge on any atom is -0.495 e. The SMILES string of the molecule is COc1ccc(NC(=O)c2ccc(OCCC(C)C)cc2)cc1N1CCCC1=O. The number of ether oxygens (including phenoxy) is 2. The van der Waals surface area contributed by atoms with Gasteiger partial charge in [0.1, 0.15) is 11.5 Å². The molecule has 154 valence electrons. The van der Waals surface area contributed by atoms with E-state index in [1.807, 2.05) is 0 Å². The molecule has 29 heavy (non-hydrogen) atoms. The Kier molecular flexibility index (Phi) is 6.75. The number of carbonyl (C=O) groups excluding carboxylic acids is 2. The van der Waals surface area contributed by atoms with E-state index >= 15 is 0 Å². The summed E-state index contributed by atoms with van der Waals surface area (Å²) in [6.45, 7) is 5.62. The monoisotopic (exact) mass is 396 g/mol. The maximum atomic E-state index is 12.6. The lowest BCUT2D eigenvalue weighted by molar-refractivity contribution is -0.117. The van der Waals surface area contributed by atoms with Gasteiger partial charge in [-0.05, 0) is 61.2 Å². The van der Waals surface area contributed by atoms with Gasteiger partial charge in [-0.1, -0.05) is 13.8 Å². The van der Waals surface area contributed by atoms with Gasteiger partial charge in [-0.25, -0.2) is 0 Å². The Hall–Kier alpha value is -3.02. The molecule has 1 fully saturated rings. The number of benzene rings is 2.